The first-order valence-electron chi connectivity index (χ1n) is 8.17. The molecule has 1 amide bonds. The molecule has 2 heterocycles. The zero-order valence-electron chi connectivity index (χ0n) is 15.3. The third-order valence-corrected chi connectivity index (χ3v) is 5.42. The van der Waals surface area contributed by atoms with Crippen molar-refractivity contribution < 1.29 is 23.1 Å². The summed E-state index contributed by atoms with van der Waals surface area (Å²) in [6, 6.07) is 7.41. The van der Waals surface area contributed by atoms with Crippen LogP contribution < -0.4 is 5.32 Å². The third kappa shape index (κ3) is 3.64. The number of amides is 1. The van der Waals surface area contributed by atoms with Gasteiger partial charge in [0.1, 0.15) is 22.3 Å². The van der Waals surface area contributed by atoms with Gasteiger partial charge in [-0.05, 0) is 56.7 Å². The topological polar surface area (TPSA) is 68.5 Å². The lowest BCUT2D eigenvalue weighted by Gasteiger charge is -2.05. The van der Waals surface area contributed by atoms with Crippen molar-refractivity contribution in [3.8, 4) is 11.3 Å². The number of nitrogens with one attached hydrogen (secondary N) is 1. The fourth-order valence-electron chi connectivity index (χ4n) is 2.70. The molecule has 7 heteroatoms. The predicted octanol–water partition coefficient (Wildman–Crippen LogP) is 5.11. The molecule has 0 unspecified atom stereocenters. The van der Waals surface area contributed by atoms with Gasteiger partial charge in [-0.3, -0.25) is 4.79 Å². The Morgan fingerprint density at radius 3 is 2.44 bits per heavy atom. The lowest BCUT2D eigenvalue weighted by atomic mass is 10.1. The highest BCUT2D eigenvalue weighted by molar-refractivity contribution is 7.16. The van der Waals surface area contributed by atoms with Gasteiger partial charge in [-0.25, -0.2) is 9.18 Å². The van der Waals surface area contributed by atoms with Crippen LogP contribution in [0.25, 0.3) is 11.3 Å². The largest absolute Gasteiger partial charge is 0.465 e. The summed E-state index contributed by atoms with van der Waals surface area (Å²) < 4.78 is 23.6. The number of anilines is 1. The Hall–Kier alpha value is -2.93. The third-order valence-electron chi connectivity index (χ3n) is 4.29. The van der Waals surface area contributed by atoms with Crippen molar-refractivity contribution in [3.05, 3.63) is 63.5 Å². The standard InChI is InChI=1S/C20H18FNO4S/c1-10-12(3)27-19(17(10)20(24)25-4)22-18(23)15-9-16(26-11(15)2)13-5-7-14(21)8-6-13/h5-9H,1-4H3,(H,22,23). The molecule has 27 heavy (non-hydrogen) atoms. The second-order valence-electron chi connectivity index (χ2n) is 6.02. The number of carbonyl (C=O) groups excluding carboxylic acids is 2. The van der Waals surface area contributed by atoms with Crippen LogP contribution in [0.3, 0.4) is 0 Å². The second kappa shape index (κ2) is 7.36. The Kier molecular flexibility index (Phi) is 5.14. The van der Waals surface area contributed by atoms with E-state index < -0.39 is 11.9 Å². The minimum absolute atomic E-state index is 0.342. The van der Waals surface area contributed by atoms with Gasteiger partial charge in [-0.2, -0.15) is 0 Å². The van der Waals surface area contributed by atoms with E-state index in [4.69, 9.17) is 9.15 Å². The van der Waals surface area contributed by atoms with Crippen LogP contribution in [0.2, 0.25) is 0 Å². The summed E-state index contributed by atoms with van der Waals surface area (Å²) in [5, 5.41) is 3.21. The van der Waals surface area contributed by atoms with Gasteiger partial charge in [-0.1, -0.05) is 0 Å². The first kappa shape index (κ1) is 18.8. The summed E-state index contributed by atoms with van der Waals surface area (Å²) in [5.74, 6) is -0.348. The monoisotopic (exact) mass is 387 g/mol. The van der Waals surface area contributed by atoms with Gasteiger partial charge in [0.2, 0.25) is 0 Å². The fourth-order valence-corrected chi connectivity index (χ4v) is 3.74. The molecule has 0 aliphatic rings. The number of hydrogen-bond donors (Lipinski definition) is 1. The van der Waals surface area contributed by atoms with E-state index >= 15 is 0 Å². The number of esters is 1. The Morgan fingerprint density at radius 1 is 1.15 bits per heavy atom. The van der Waals surface area contributed by atoms with E-state index in [1.807, 2.05) is 13.8 Å². The fraction of sp³-hybridized carbons (Fsp3) is 0.200. The summed E-state index contributed by atoms with van der Waals surface area (Å²) in [7, 11) is 1.30. The van der Waals surface area contributed by atoms with Crippen molar-refractivity contribution in [2.24, 2.45) is 0 Å². The number of benzene rings is 1. The van der Waals surface area contributed by atoms with E-state index in [1.165, 1.54) is 30.6 Å². The highest BCUT2D eigenvalue weighted by Crippen LogP contribution is 2.34. The molecule has 0 fully saturated rings. The van der Waals surface area contributed by atoms with Crippen molar-refractivity contribution in [3.63, 3.8) is 0 Å². The smallest absolute Gasteiger partial charge is 0.341 e. The van der Waals surface area contributed by atoms with Crippen LogP contribution in [0.4, 0.5) is 9.39 Å². The quantitative estimate of drug-likeness (QED) is 0.632. The molecule has 5 nitrogen and oxygen atoms in total. The number of halogens is 1. The molecule has 0 spiro atoms. The van der Waals surface area contributed by atoms with Crippen LogP contribution in [0.15, 0.2) is 34.7 Å². The molecule has 3 rings (SSSR count). The van der Waals surface area contributed by atoms with Gasteiger partial charge >= 0.3 is 5.97 Å². The zero-order chi connectivity index (χ0) is 19.7. The lowest BCUT2D eigenvalue weighted by Crippen LogP contribution is -2.14. The molecule has 0 aliphatic carbocycles. The van der Waals surface area contributed by atoms with E-state index in [9.17, 15) is 14.0 Å². The van der Waals surface area contributed by atoms with E-state index in [0.717, 1.165) is 10.4 Å². The summed E-state index contributed by atoms with van der Waals surface area (Å²) >= 11 is 1.31. The molecule has 0 atom stereocenters. The number of aryl methyl sites for hydroxylation is 2. The van der Waals surface area contributed by atoms with E-state index in [-0.39, 0.29) is 5.82 Å². The second-order valence-corrected chi connectivity index (χ2v) is 7.25. The van der Waals surface area contributed by atoms with Crippen LogP contribution in [0.1, 0.15) is 36.9 Å². The zero-order valence-corrected chi connectivity index (χ0v) is 16.1. The molecule has 0 saturated heterocycles. The predicted molar refractivity (Wildman–Crippen MR) is 102 cm³/mol. The Labute approximate surface area is 159 Å². The molecule has 1 N–H and O–H groups in total. The number of carbonyl (C=O) groups is 2. The Morgan fingerprint density at radius 2 is 1.81 bits per heavy atom. The average Bonchev–Trinajstić information content (AvgIpc) is 3.15. The minimum Gasteiger partial charge on any atom is -0.465 e. The van der Waals surface area contributed by atoms with Gasteiger partial charge in [0.15, 0.2) is 0 Å². The Balaban J connectivity index is 1.91. The van der Waals surface area contributed by atoms with Crippen LogP contribution in [-0.2, 0) is 4.74 Å². The number of ether oxygens (including phenoxy) is 1. The van der Waals surface area contributed by atoms with Crippen molar-refractivity contribution >= 4 is 28.2 Å². The first-order chi connectivity index (χ1) is 12.8. The van der Waals surface area contributed by atoms with Gasteiger partial charge in [0.25, 0.3) is 5.91 Å². The van der Waals surface area contributed by atoms with E-state index in [0.29, 0.717) is 33.2 Å². The van der Waals surface area contributed by atoms with Crippen molar-refractivity contribution in [2.45, 2.75) is 20.8 Å². The summed E-state index contributed by atoms with van der Waals surface area (Å²) in [4.78, 5) is 25.7. The van der Waals surface area contributed by atoms with Crippen molar-refractivity contribution in [1.82, 2.24) is 0 Å². The number of thiophene rings is 1. The summed E-state index contributed by atoms with van der Waals surface area (Å²) in [6.07, 6.45) is 0. The highest BCUT2D eigenvalue weighted by atomic mass is 32.1. The molecule has 0 aliphatic heterocycles. The van der Waals surface area contributed by atoms with Crippen LogP contribution in [-0.4, -0.2) is 19.0 Å². The summed E-state index contributed by atoms with van der Waals surface area (Å²) in [5.41, 5.74) is 2.14. The number of hydrogen-bond acceptors (Lipinski definition) is 5. The molecule has 3 aromatic rings. The van der Waals surface area contributed by atoms with Crippen molar-refractivity contribution in [1.29, 1.82) is 0 Å². The minimum atomic E-state index is -0.497. The van der Waals surface area contributed by atoms with Gasteiger partial charge < -0.3 is 14.5 Å². The molecule has 140 valence electrons. The number of furan rings is 1. The van der Waals surface area contributed by atoms with Gasteiger partial charge in [0, 0.05) is 10.4 Å². The van der Waals surface area contributed by atoms with Gasteiger partial charge in [-0.15, -0.1) is 11.3 Å². The van der Waals surface area contributed by atoms with E-state index in [1.54, 1.807) is 25.1 Å². The molecule has 0 bridgehead atoms. The molecule has 0 saturated carbocycles. The number of rotatable bonds is 4. The Bertz CT molecular complexity index is 1020. The van der Waals surface area contributed by atoms with Crippen molar-refractivity contribution in [2.75, 3.05) is 12.4 Å². The molecule has 2 aromatic heterocycles. The van der Waals surface area contributed by atoms with Gasteiger partial charge in [0.05, 0.1) is 18.2 Å². The maximum absolute atomic E-state index is 13.1. The average molecular weight is 387 g/mol. The number of methoxy groups -OCH3 is 1. The van der Waals surface area contributed by atoms with E-state index in [2.05, 4.69) is 5.32 Å². The maximum Gasteiger partial charge on any atom is 0.341 e. The first-order valence-corrected chi connectivity index (χ1v) is 8.99. The normalized spacial score (nSPS) is 10.7. The van der Waals surface area contributed by atoms with Crippen LogP contribution in [0, 0.1) is 26.6 Å². The molecular weight excluding hydrogens is 369 g/mol. The summed E-state index contributed by atoms with van der Waals surface area (Å²) in [6.45, 7) is 5.36. The molecule has 1 aromatic carbocycles. The molecule has 0 radical (unpaired) electrons. The SMILES string of the molecule is COC(=O)c1c(NC(=O)c2cc(-c3ccc(F)cc3)oc2C)sc(C)c1C. The van der Waals surface area contributed by atoms with Crippen LogP contribution >= 0.6 is 11.3 Å². The molecular formula is C20H18FNO4S. The maximum atomic E-state index is 13.1. The van der Waals surface area contributed by atoms with Crippen LogP contribution in [0.5, 0.6) is 0 Å². The highest BCUT2D eigenvalue weighted by Gasteiger charge is 2.23. The lowest BCUT2D eigenvalue weighted by molar-refractivity contribution is 0.0601.